The van der Waals surface area contributed by atoms with Crippen LogP contribution in [0, 0.1) is 6.92 Å². The van der Waals surface area contributed by atoms with E-state index < -0.39 is 11.6 Å². The molecule has 2 aromatic rings. The average molecular weight is 339 g/mol. The zero-order valence-corrected chi connectivity index (χ0v) is 13.9. The number of methoxy groups -OCH3 is 1. The largest absolute Gasteiger partial charge is 0.496 e. The van der Waals surface area contributed by atoms with Gasteiger partial charge in [-0.3, -0.25) is 4.79 Å². The Morgan fingerprint density at radius 2 is 2.04 bits per heavy atom. The molecule has 1 spiro atoms. The van der Waals surface area contributed by atoms with Gasteiger partial charge in [0.05, 0.1) is 7.11 Å². The lowest BCUT2D eigenvalue weighted by atomic mass is 10.2. The monoisotopic (exact) mass is 339 g/mol. The van der Waals surface area contributed by atoms with Crippen molar-refractivity contribution in [1.29, 1.82) is 0 Å². The third-order valence-corrected chi connectivity index (χ3v) is 4.50. The Morgan fingerprint density at radius 1 is 1.24 bits per heavy atom. The number of hydrogen-bond donors (Lipinski definition) is 1. The normalized spacial score (nSPS) is 17.6. The molecule has 3 amide bonds. The average Bonchev–Trinajstić information content (AvgIpc) is 3.33. The summed E-state index contributed by atoms with van der Waals surface area (Å²) in [7, 11) is 1.58. The van der Waals surface area contributed by atoms with E-state index in [1.54, 1.807) is 37.6 Å². The summed E-state index contributed by atoms with van der Waals surface area (Å²) < 4.78 is 11.1. The Labute approximate surface area is 144 Å². The Morgan fingerprint density at radius 3 is 2.72 bits per heavy atom. The third-order valence-electron chi connectivity index (χ3n) is 4.50. The van der Waals surface area contributed by atoms with Crippen LogP contribution in [0.2, 0.25) is 0 Å². The van der Waals surface area contributed by atoms with Gasteiger partial charge in [-0.1, -0.05) is 6.07 Å². The molecule has 1 N–H and O–H groups in total. The van der Waals surface area contributed by atoms with Crippen LogP contribution < -0.4 is 19.7 Å². The molecule has 25 heavy (non-hydrogen) atoms. The molecule has 0 atom stereocenters. The van der Waals surface area contributed by atoms with Gasteiger partial charge in [0.15, 0.2) is 0 Å². The molecule has 2 aliphatic rings. The zero-order valence-electron chi connectivity index (χ0n) is 13.9. The quantitative estimate of drug-likeness (QED) is 0.866. The van der Waals surface area contributed by atoms with Crippen LogP contribution in [0.3, 0.4) is 0 Å². The number of carbonyl (C=O) groups is 2. The molecule has 7 nitrogen and oxygen atoms in total. The second-order valence-corrected chi connectivity index (χ2v) is 6.21. The number of aryl methyl sites for hydroxylation is 1. The van der Waals surface area contributed by atoms with Crippen molar-refractivity contribution in [3.05, 3.63) is 42.1 Å². The van der Waals surface area contributed by atoms with Crippen LogP contribution in [0.1, 0.15) is 18.4 Å². The molecule has 0 radical (unpaired) electrons. The second kappa shape index (κ2) is 5.47. The van der Waals surface area contributed by atoms with E-state index in [4.69, 9.17) is 9.47 Å². The minimum atomic E-state index is -0.725. The summed E-state index contributed by atoms with van der Waals surface area (Å²) in [5, 5.41) is 2.75. The van der Waals surface area contributed by atoms with E-state index in [2.05, 4.69) is 10.3 Å². The molecular formula is C18H17N3O4. The van der Waals surface area contributed by atoms with E-state index in [1.807, 2.05) is 13.0 Å². The molecule has 7 heteroatoms. The van der Waals surface area contributed by atoms with E-state index in [1.165, 1.54) is 0 Å². The van der Waals surface area contributed by atoms with Gasteiger partial charge >= 0.3 is 6.03 Å². The number of anilines is 1. The lowest BCUT2D eigenvalue weighted by Crippen LogP contribution is -2.32. The number of ether oxygens (including phenoxy) is 2. The summed E-state index contributed by atoms with van der Waals surface area (Å²) in [5.74, 6) is 1.13. The van der Waals surface area contributed by atoms with Crippen LogP contribution in [0.15, 0.2) is 36.5 Å². The summed E-state index contributed by atoms with van der Waals surface area (Å²) in [6.45, 7) is 1.93. The van der Waals surface area contributed by atoms with Crippen molar-refractivity contribution < 1.29 is 19.1 Å². The first-order valence-electron chi connectivity index (χ1n) is 7.98. The summed E-state index contributed by atoms with van der Waals surface area (Å²) in [6.07, 6.45) is 2.88. The van der Waals surface area contributed by atoms with E-state index in [9.17, 15) is 9.59 Å². The van der Waals surface area contributed by atoms with Gasteiger partial charge in [0.25, 0.3) is 5.91 Å². The lowest BCUT2D eigenvalue weighted by molar-refractivity contribution is -0.119. The first-order chi connectivity index (χ1) is 12.0. The minimum Gasteiger partial charge on any atom is -0.496 e. The van der Waals surface area contributed by atoms with Gasteiger partial charge in [0, 0.05) is 12.3 Å². The Bertz CT molecular complexity index is 876. The maximum Gasteiger partial charge on any atom is 0.329 e. The van der Waals surface area contributed by atoms with E-state index in [0.717, 1.165) is 10.5 Å². The molecule has 1 saturated heterocycles. The Kier molecular flexibility index (Phi) is 3.38. The lowest BCUT2D eigenvalue weighted by Gasteiger charge is -2.17. The molecule has 1 aromatic heterocycles. The number of benzene rings is 1. The molecule has 2 fully saturated rings. The molecule has 0 unspecified atom stereocenters. The number of nitrogens with one attached hydrogen (secondary N) is 1. The van der Waals surface area contributed by atoms with Crippen molar-refractivity contribution in [2.75, 3.05) is 12.0 Å². The fourth-order valence-corrected chi connectivity index (χ4v) is 2.91. The summed E-state index contributed by atoms with van der Waals surface area (Å²) in [6, 6.07) is 8.25. The van der Waals surface area contributed by atoms with Gasteiger partial charge in [-0.2, -0.15) is 0 Å². The molecule has 1 aromatic carbocycles. The fraction of sp³-hybridized carbons (Fsp3) is 0.278. The van der Waals surface area contributed by atoms with E-state index >= 15 is 0 Å². The highest BCUT2D eigenvalue weighted by atomic mass is 16.5. The highest BCUT2D eigenvalue weighted by Crippen LogP contribution is 2.44. The van der Waals surface area contributed by atoms with Crippen LogP contribution in [0.4, 0.5) is 10.5 Å². The summed E-state index contributed by atoms with van der Waals surface area (Å²) in [5.41, 5.74) is 0.575. The molecular weight excluding hydrogens is 322 g/mol. The SMILES string of the molecule is COc1cc(Oc2ncccc2N2C(=O)NC3(CC3)C2=O)ccc1C. The first-order valence-corrected chi connectivity index (χ1v) is 7.98. The maximum atomic E-state index is 12.6. The molecule has 128 valence electrons. The molecule has 2 heterocycles. The number of imide groups is 1. The standard InChI is InChI=1S/C18H17N3O4/c1-11-5-6-12(10-14(11)24-2)25-15-13(4-3-9-19-15)21-16(22)18(7-8-18)20-17(21)23/h3-6,9-10H,7-8H2,1-2H3,(H,20,23). The van der Waals surface area contributed by atoms with Crippen LogP contribution in [0.5, 0.6) is 17.4 Å². The molecule has 0 bridgehead atoms. The second-order valence-electron chi connectivity index (χ2n) is 6.21. The van der Waals surface area contributed by atoms with E-state index in [-0.39, 0.29) is 11.8 Å². The highest BCUT2D eigenvalue weighted by Gasteiger charge is 2.60. The summed E-state index contributed by atoms with van der Waals surface area (Å²) in [4.78, 5) is 30.2. The predicted molar refractivity (Wildman–Crippen MR) is 90.0 cm³/mol. The first kappa shape index (κ1) is 15.4. The van der Waals surface area contributed by atoms with Crippen molar-refractivity contribution in [1.82, 2.24) is 10.3 Å². The number of carbonyl (C=O) groups excluding carboxylic acids is 2. The molecule has 1 aliphatic heterocycles. The minimum absolute atomic E-state index is 0.189. The van der Waals surface area contributed by atoms with Gasteiger partial charge in [0.2, 0.25) is 5.88 Å². The van der Waals surface area contributed by atoms with Crippen LogP contribution in [-0.2, 0) is 4.79 Å². The zero-order chi connectivity index (χ0) is 17.6. The fourth-order valence-electron chi connectivity index (χ4n) is 2.91. The smallest absolute Gasteiger partial charge is 0.329 e. The number of pyridine rings is 1. The number of urea groups is 1. The van der Waals surface area contributed by atoms with Gasteiger partial charge in [-0.05, 0) is 43.5 Å². The summed E-state index contributed by atoms with van der Waals surface area (Å²) >= 11 is 0. The van der Waals surface area contributed by atoms with Crippen molar-refractivity contribution >= 4 is 17.6 Å². The number of hydrogen-bond acceptors (Lipinski definition) is 5. The Hall–Kier alpha value is -3.09. The van der Waals surface area contributed by atoms with Gasteiger partial charge in [-0.15, -0.1) is 0 Å². The third kappa shape index (κ3) is 2.48. The van der Waals surface area contributed by atoms with Gasteiger partial charge < -0.3 is 14.8 Å². The Balaban J connectivity index is 1.68. The van der Waals surface area contributed by atoms with Crippen LogP contribution >= 0.6 is 0 Å². The van der Waals surface area contributed by atoms with Crippen LogP contribution in [-0.4, -0.2) is 29.6 Å². The molecule has 1 aliphatic carbocycles. The van der Waals surface area contributed by atoms with Crippen LogP contribution in [0.25, 0.3) is 0 Å². The van der Waals surface area contributed by atoms with Gasteiger partial charge in [-0.25, -0.2) is 14.7 Å². The predicted octanol–water partition coefficient (Wildman–Crippen LogP) is 2.78. The number of aromatic nitrogens is 1. The van der Waals surface area contributed by atoms with Crippen molar-refractivity contribution in [3.63, 3.8) is 0 Å². The molecule has 1 saturated carbocycles. The number of rotatable bonds is 4. The topological polar surface area (TPSA) is 80.8 Å². The maximum absolute atomic E-state index is 12.6. The van der Waals surface area contributed by atoms with Gasteiger partial charge in [0.1, 0.15) is 22.7 Å². The van der Waals surface area contributed by atoms with Crippen molar-refractivity contribution in [2.45, 2.75) is 25.3 Å². The number of amides is 3. The highest BCUT2D eigenvalue weighted by molar-refractivity contribution is 6.25. The van der Waals surface area contributed by atoms with Crippen molar-refractivity contribution in [2.24, 2.45) is 0 Å². The molecule has 4 rings (SSSR count). The number of nitrogens with zero attached hydrogens (tertiary/aromatic N) is 2. The van der Waals surface area contributed by atoms with E-state index in [0.29, 0.717) is 30.0 Å². The van der Waals surface area contributed by atoms with Crippen molar-refractivity contribution in [3.8, 4) is 17.4 Å².